The number of benzene rings is 3. The van der Waals surface area contributed by atoms with Crippen LogP contribution >= 0.6 is 15.9 Å². The van der Waals surface area contributed by atoms with E-state index in [0.717, 1.165) is 15.4 Å². The third-order valence-electron chi connectivity index (χ3n) is 4.90. The van der Waals surface area contributed by atoms with Gasteiger partial charge in [0, 0.05) is 38.5 Å². The summed E-state index contributed by atoms with van der Waals surface area (Å²) in [5.41, 5.74) is 1.24. The average Bonchev–Trinajstić information content (AvgIpc) is 3.17. The summed E-state index contributed by atoms with van der Waals surface area (Å²) in [6.45, 7) is 0. The molecular weight excluding hydrogens is 450 g/mol. The van der Waals surface area contributed by atoms with Gasteiger partial charge in [-0.25, -0.2) is 4.79 Å². The van der Waals surface area contributed by atoms with Crippen LogP contribution < -0.4 is 5.63 Å². The molecule has 6 nitrogen and oxygen atoms in total. The monoisotopic (exact) mass is 461 g/mol. The molecule has 0 N–H and O–H groups in total. The van der Waals surface area contributed by atoms with E-state index in [1.54, 1.807) is 24.3 Å². The summed E-state index contributed by atoms with van der Waals surface area (Å²) in [7, 11) is 0. The Balaban J connectivity index is 1.91. The van der Waals surface area contributed by atoms with Gasteiger partial charge in [-0.05, 0) is 30.3 Å². The average molecular weight is 462 g/mol. The topological polar surface area (TPSA) is 86.5 Å². The molecule has 30 heavy (non-hydrogen) atoms. The zero-order chi connectivity index (χ0) is 20.8. The van der Waals surface area contributed by atoms with Crippen molar-refractivity contribution >= 4 is 43.4 Å². The van der Waals surface area contributed by atoms with Crippen molar-refractivity contribution in [2.45, 2.75) is 0 Å². The predicted molar refractivity (Wildman–Crippen MR) is 117 cm³/mol. The molecule has 5 rings (SSSR count). The van der Waals surface area contributed by atoms with E-state index in [1.807, 2.05) is 36.4 Å². The fraction of sp³-hybridized carbons (Fsp3) is 0. The lowest BCUT2D eigenvalue weighted by molar-refractivity contribution is -0.384. The summed E-state index contributed by atoms with van der Waals surface area (Å²) in [5, 5.41) is 12.7. The minimum Gasteiger partial charge on any atom is -0.454 e. The smallest absolute Gasteiger partial charge is 0.348 e. The Labute approximate surface area is 177 Å². The largest absolute Gasteiger partial charge is 0.454 e. The van der Waals surface area contributed by atoms with Crippen LogP contribution in [0.15, 0.2) is 90.9 Å². The van der Waals surface area contributed by atoms with E-state index in [1.165, 1.54) is 12.1 Å². The number of halogens is 1. The summed E-state index contributed by atoms with van der Waals surface area (Å²) in [5.74, 6) is 0.851. The van der Waals surface area contributed by atoms with Crippen molar-refractivity contribution in [2.75, 3.05) is 0 Å². The highest BCUT2D eigenvalue weighted by Gasteiger charge is 2.23. The first-order valence-corrected chi connectivity index (χ1v) is 9.81. The van der Waals surface area contributed by atoms with Crippen molar-refractivity contribution in [3.8, 4) is 22.6 Å². The lowest BCUT2D eigenvalue weighted by atomic mass is 10.0. The minimum absolute atomic E-state index is 0.0423. The number of nitrogens with zero attached hydrogens (tertiary/aromatic N) is 1. The Morgan fingerprint density at radius 2 is 1.47 bits per heavy atom. The van der Waals surface area contributed by atoms with Crippen LogP contribution in [-0.4, -0.2) is 4.92 Å². The highest BCUT2D eigenvalue weighted by Crippen LogP contribution is 2.41. The molecule has 0 aliphatic heterocycles. The Hall–Kier alpha value is -3.71. The predicted octanol–water partition coefficient (Wildman–Crippen LogP) is 6.54. The van der Waals surface area contributed by atoms with E-state index in [2.05, 4.69) is 15.9 Å². The first kappa shape index (κ1) is 18.3. The van der Waals surface area contributed by atoms with Gasteiger partial charge >= 0.3 is 5.63 Å². The van der Waals surface area contributed by atoms with Gasteiger partial charge in [0.25, 0.3) is 5.69 Å². The van der Waals surface area contributed by atoms with Gasteiger partial charge in [-0.1, -0.05) is 46.3 Å². The van der Waals surface area contributed by atoms with Crippen molar-refractivity contribution in [1.82, 2.24) is 0 Å². The Bertz CT molecular complexity index is 1480. The van der Waals surface area contributed by atoms with Crippen molar-refractivity contribution in [3.63, 3.8) is 0 Å². The molecule has 0 amide bonds. The quantitative estimate of drug-likeness (QED) is 0.173. The summed E-state index contributed by atoms with van der Waals surface area (Å²) in [4.78, 5) is 23.5. The SMILES string of the molecule is O=c1oc2ccc(Br)cc2c2c(-c3ccccc3)oc(-c3ccc([N+](=O)[O-])cc3)c12. The molecule has 0 bridgehead atoms. The second-order valence-electron chi connectivity index (χ2n) is 6.71. The molecule has 146 valence electrons. The molecule has 0 fully saturated rings. The summed E-state index contributed by atoms with van der Waals surface area (Å²) >= 11 is 3.48. The van der Waals surface area contributed by atoms with Crippen LogP contribution in [-0.2, 0) is 0 Å². The molecule has 0 atom stereocenters. The number of furan rings is 1. The second kappa shape index (κ2) is 6.96. The molecule has 0 saturated carbocycles. The number of nitro groups is 1. The number of fused-ring (bicyclic) bond motifs is 3. The molecule has 0 radical (unpaired) electrons. The molecule has 2 aromatic heterocycles. The van der Waals surface area contributed by atoms with Crippen LogP contribution in [0.25, 0.3) is 44.4 Å². The number of nitro benzene ring substituents is 1. The van der Waals surface area contributed by atoms with Gasteiger partial charge in [0.2, 0.25) is 0 Å². The maximum Gasteiger partial charge on any atom is 0.348 e. The van der Waals surface area contributed by atoms with Crippen LogP contribution in [0.4, 0.5) is 5.69 Å². The van der Waals surface area contributed by atoms with E-state index in [9.17, 15) is 14.9 Å². The first-order chi connectivity index (χ1) is 14.5. The molecule has 3 aromatic carbocycles. The third-order valence-corrected chi connectivity index (χ3v) is 5.40. The number of non-ortho nitro benzene ring substituents is 1. The maximum absolute atomic E-state index is 12.9. The van der Waals surface area contributed by atoms with Gasteiger partial charge in [0.05, 0.1) is 4.92 Å². The van der Waals surface area contributed by atoms with Crippen molar-refractivity contribution < 1.29 is 13.8 Å². The van der Waals surface area contributed by atoms with Gasteiger partial charge < -0.3 is 8.83 Å². The van der Waals surface area contributed by atoms with Crippen molar-refractivity contribution in [3.05, 3.63) is 97.8 Å². The van der Waals surface area contributed by atoms with E-state index < -0.39 is 10.5 Å². The van der Waals surface area contributed by atoms with Gasteiger partial charge in [-0.2, -0.15) is 0 Å². The second-order valence-corrected chi connectivity index (χ2v) is 7.63. The standard InChI is InChI=1S/C23H12BrNO5/c24-15-8-11-18-17(12-15)19-20(23(26)29-18)22(14-6-9-16(10-7-14)25(27)28)30-21(19)13-4-2-1-3-5-13/h1-12H. The van der Waals surface area contributed by atoms with E-state index in [0.29, 0.717) is 33.4 Å². The molecule has 0 saturated heterocycles. The third kappa shape index (κ3) is 2.91. The molecule has 0 spiro atoms. The number of rotatable bonds is 3. The highest BCUT2D eigenvalue weighted by atomic mass is 79.9. The molecule has 2 heterocycles. The van der Waals surface area contributed by atoms with Crippen LogP contribution in [0, 0.1) is 10.1 Å². The normalized spacial score (nSPS) is 11.2. The lowest BCUT2D eigenvalue weighted by Gasteiger charge is -2.02. The summed E-state index contributed by atoms with van der Waals surface area (Å²) in [6, 6.07) is 20.8. The summed E-state index contributed by atoms with van der Waals surface area (Å²) < 4.78 is 12.6. The Morgan fingerprint density at radius 1 is 0.800 bits per heavy atom. The first-order valence-electron chi connectivity index (χ1n) is 9.02. The van der Waals surface area contributed by atoms with Crippen molar-refractivity contribution in [2.24, 2.45) is 0 Å². The van der Waals surface area contributed by atoms with Crippen LogP contribution in [0.3, 0.4) is 0 Å². The van der Waals surface area contributed by atoms with Gasteiger partial charge in [-0.3, -0.25) is 10.1 Å². The van der Waals surface area contributed by atoms with Crippen LogP contribution in [0.2, 0.25) is 0 Å². The maximum atomic E-state index is 12.9. The minimum atomic E-state index is -0.529. The van der Waals surface area contributed by atoms with Gasteiger partial charge in [0.15, 0.2) is 0 Å². The highest BCUT2D eigenvalue weighted by molar-refractivity contribution is 9.10. The molecule has 0 unspecified atom stereocenters. The van der Waals surface area contributed by atoms with Crippen LogP contribution in [0.1, 0.15) is 0 Å². The zero-order valence-electron chi connectivity index (χ0n) is 15.3. The van der Waals surface area contributed by atoms with E-state index in [4.69, 9.17) is 8.83 Å². The molecular formula is C23H12BrNO5. The molecule has 0 aliphatic carbocycles. The molecule has 0 aliphatic rings. The fourth-order valence-corrected chi connectivity index (χ4v) is 3.91. The van der Waals surface area contributed by atoms with E-state index >= 15 is 0 Å². The van der Waals surface area contributed by atoms with Crippen LogP contribution in [0.5, 0.6) is 0 Å². The fourth-order valence-electron chi connectivity index (χ4n) is 3.55. The number of hydrogen-bond donors (Lipinski definition) is 0. The zero-order valence-corrected chi connectivity index (χ0v) is 16.9. The lowest BCUT2D eigenvalue weighted by Crippen LogP contribution is -1.99. The van der Waals surface area contributed by atoms with Gasteiger partial charge in [0.1, 0.15) is 22.5 Å². The summed E-state index contributed by atoms with van der Waals surface area (Å²) in [6.07, 6.45) is 0. The Morgan fingerprint density at radius 3 is 2.17 bits per heavy atom. The Kier molecular flexibility index (Phi) is 4.25. The van der Waals surface area contributed by atoms with E-state index in [-0.39, 0.29) is 5.69 Å². The molecule has 7 heteroatoms. The van der Waals surface area contributed by atoms with Gasteiger partial charge in [-0.15, -0.1) is 0 Å². The number of hydrogen-bond acceptors (Lipinski definition) is 5. The van der Waals surface area contributed by atoms with Crippen molar-refractivity contribution in [1.29, 1.82) is 0 Å². The molecule has 5 aromatic rings.